The van der Waals surface area contributed by atoms with Crippen LogP contribution in [-0.4, -0.2) is 0 Å². The number of halogens is 5. The predicted octanol–water partition coefficient (Wildman–Crippen LogP) is -0.0722. The summed E-state index contributed by atoms with van der Waals surface area (Å²) >= 11 is 17.5. The van der Waals surface area contributed by atoms with E-state index in [2.05, 4.69) is 42.5 Å². The average molecular weight is 480 g/mol. The van der Waals surface area contributed by atoms with E-state index in [0.29, 0.717) is 20.8 Å². The van der Waals surface area contributed by atoms with E-state index in [0.717, 1.165) is 6.42 Å². The van der Waals surface area contributed by atoms with Crippen LogP contribution < -0.4 is 32.0 Å². The van der Waals surface area contributed by atoms with Gasteiger partial charge in [-0.25, -0.2) is 0 Å². The van der Waals surface area contributed by atoms with Gasteiger partial charge in [-0.1, -0.05) is 0 Å². The Kier molecular flexibility index (Phi) is 7.77. The van der Waals surface area contributed by atoms with E-state index in [1.54, 1.807) is 12.1 Å². The Morgan fingerprint density at radius 3 is 2.19 bits per heavy atom. The maximum Gasteiger partial charge on any atom is -1.00 e. The molecule has 4 rings (SSSR count). The van der Waals surface area contributed by atoms with Gasteiger partial charge in [0.1, 0.15) is 0 Å². The third-order valence-corrected chi connectivity index (χ3v) is 6.41. The molecule has 0 spiro atoms. The van der Waals surface area contributed by atoms with Gasteiger partial charge in [0, 0.05) is 0 Å². The second-order valence-electron chi connectivity index (χ2n) is 5.57. The summed E-state index contributed by atoms with van der Waals surface area (Å²) in [5.74, 6) is 0.524. The van der Waals surface area contributed by atoms with Gasteiger partial charge in [-0.2, -0.15) is 0 Å². The number of hydrogen-bond donors (Lipinski definition) is 0. The van der Waals surface area contributed by atoms with Crippen LogP contribution in [0.4, 0.5) is 0 Å². The summed E-state index contributed by atoms with van der Waals surface area (Å²) in [6.45, 7) is 0. The molecule has 0 bridgehead atoms. The van der Waals surface area contributed by atoms with Crippen molar-refractivity contribution < 1.29 is 47.7 Å². The van der Waals surface area contributed by atoms with Gasteiger partial charge >= 0.3 is 166 Å². The maximum atomic E-state index is 6.22. The molecule has 0 saturated heterocycles. The van der Waals surface area contributed by atoms with Crippen molar-refractivity contribution in [2.45, 2.75) is 6.42 Å². The van der Waals surface area contributed by atoms with Crippen molar-refractivity contribution >= 4 is 38.7 Å². The van der Waals surface area contributed by atoms with Crippen LogP contribution in [0.5, 0.6) is 5.75 Å². The summed E-state index contributed by atoms with van der Waals surface area (Å²) in [6, 6.07) is 18.3. The predicted molar refractivity (Wildman–Crippen MR) is 96.4 cm³/mol. The van der Waals surface area contributed by atoms with Gasteiger partial charge in [0.15, 0.2) is 0 Å². The van der Waals surface area contributed by atoms with Crippen molar-refractivity contribution in [2.24, 2.45) is 0 Å². The first-order valence-electron chi connectivity index (χ1n) is 7.41. The first-order valence-corrected chi connectivity index (χ1v) is 9.96. The van der Waals surface area contributed by atoms with Crippen LogP contribution in [0.2, 0.25) is 15.1 Å². The molecule has 0 saturated carbocycles. The van der Waals surface area contributed by atoms with E-state index in [1.807, 2.05) is 0 Å². The van der Waals surface area contributed by atoms with Crippen LogP contribution >= 0.6 is 34.8 Å². The fourth-order valence-electron chi connectivity index (χ4n) is 2.99. The Hall–Kier alpha value is -0.376. The van der Waals surface area contributed by atoms with E-state index in [1.165, 1.54) is 26.1 Å². The number of rotatable bonds is 3. The standard InChI is InChI=1S/C13H9.C6H3Cl3O.2ClH.Ti/c1-3-7-12-10(5-1)9-11-6-2-4-8-13(11)12;7-3-1-4(8)6(10)5(9)2-3;;;/h1-5,7-8H,9H2;1-2,10H;2*1H;/q;;;;+3/p-3. The van der Waals surface area contributed by atoms with Crippen LogP contribution in [0.15, 0.2) is 54.6 Å². The van der Waals surface area contributed by atoms with E-state index in [4.69, 9.17) is 38.1 Å². The third kappa shape index (κ3) is 4.21. The first-order chi connectivity index (χ1) is 11.6. The summed E-state index contributed by atoms with van der Waals surface area (Å²) in [6.07, 6.45) is 0.955. The van der Waals surface area contributed by atoms with Crippen LogP contribution in [0, 0.1) is 0 Å². The molecule has 0 N–H and O–H groups in total. The molecule has 26 heavy (non-hydrogen) atoms. The summed E-state index contributed by atoms with van der Waals surface area (Å²) in [5.41, 5.74) is 5.36. The summed E-state index contributed by atoms with van der Waals surface area (Å²) in [7, 11) is 0. The van der Waals surface area contributed by atoms with Gasteiger partial charge in [-0.15, -0.1) is 0 Å². The third-order valence-electron chi connectivity index (χ3n) is 4.08. The second kappa shape index (κ2) is 9.21. The van der Waals surface area contributed by atoms with Crippen molar-refractivity contribution in [1.29, 1.82) is 0 Å². The van der Waals surface area contributed by atoms with Gasteiger partial charge in [0.2, 0.25) is 0 Å². The van der Waals surface area contributed by atoms with Crippen molar-refractivity contribution in [2.75, 3.05) is 0 Å². The topological polar surface area (TPSA) is 9.23 Å². The molecular formula is C19H11Cl5OTi. The van der Waals surface area contributed by atoms with Gasteiger partial charge in [0.25, 0.3) is 0 Å². The van der Waals surface area contributed by atoms with Gasteiger partial charge in [-0.05, 0) is 0 Å². The first kappa shape index (κ1) is 21.9. The van der Waals surface area contributed by atoms with Crippen molar-refractivity contribution in [3.63, 3.8) is 0 Å². The zero-order valence-corrected chi connectivity index (χ0v) is 18.5. The molecule has 1 aliphatic rings. The van der Waals surface area contributed by atoms with E-state index in [-0.39, 0.29) is 24.8 Å². The molecule has 132 valence electrons. The number of fused-ring (bicyclic) bond motifs is 3. The number of benzene rings is 3. The Balaban J connectivity index is 0.00000121. The largest absolute Gasteiger partial charge is 1.00 e. The smallest absolute Gasteiger partial charge is 1.00 e. The quantitative estimate of drug-likeness (QED) is 0.373. The second-order valence-corrected chi connectivity index (χ2v) is 8.30. The normalized spacial score (nSPS) is 10.7. The van der Waals surface area contributed by atoms with Gasteiger partial charge in [-0.3, -0.25) is 0 Å². The minimum absolute atomic E-state index is 0. The summed E-state index contributed by atoms with van der Waals surface area (Å²) < 4.78 is 7.30. The molecule has 1 aliphatic carbocycles. The fraction of sp³-hybridized carbons (Fsp3) is 0.0526. The molecule has 1 nitrogen and oxygen atoms in total. The molecular weight excluding hydrogens is 469 g/mol. The van der Waals surface area contributed by atoms with Crippen LogP contribution in [-0.2, 0) is 26.0 Å². The molecule has 0 fully saturated rings. The van der Waals surface area contributed by atoms with Crippen LogP contribution in [0.3, 0.4) is 0 Å². The van der Waals surface area contributed by atoms with Crippen molar-refractivity contribution in [3.8, 4) is 16.9 Å². The molecule has 3 aromatic rings. The van der Waals surface area contributed by atoms with E-state index >= 15 is 0 Å². The van der Waals surface area contributed by atoms with Gasteiger partial charge in [0.05, 0.1) is 0 Å². The number of hydrogen-bond acceptors (Lipinski definition) is 1. The van der Waals surface area contributed by atoms with Crippen LogP contribution in [0.1, 0.15) is 11.1 Å². The maximum absolute atomic E-state index is 6.22. The zero-order valence-electron chi connectivity index (χ0n) is 13.2. The Morgan fingerprint density at radius 2 is 1.46 bits per heavy atom. The summed E-state index contributed by atoms with van der Waals surface area (Å²) in [5, 5.41) is 1.41. The van der Waals surface area contributed by atoms with Gasteiger partial charge < -0.3 is 24.8 Å². The van der Waals surface area contributed by atoms with E-state index < -0.39 is 19.5 Å². The fourth-order valence-corrected chi connectivity index (χ4v) is 5.55. The molecule has 0 amide bonds. The molecule has 0 aliphatic heterocycles. The monoisotopic (exact) mass is 478 g/mol. The Bertz CT molecular complexity index is 922. The molecule has 0 aromatic heterocycles. The molecule has 0 radical (unpaired) electrons. The van der Waals surface area contributed by atoms with Crippen molar-refractivity contribution in [3.05, 3.63) is 80.8 Å². The minimum atomic E-state index is -0.870. The molecule has 0 atom stereocenters. The van der Waals surface area contributed by atoms with Crippen LogP contribution in [0.25, 0.3) is 11.1 Å². The molecule has 0 unspecified atom stereocenters. The molecule has 7 heteroatoms. The molecule has 3 aromatic carbocycles. The Labute approximate surface area is 189 Å². The Morgan fingerprint density at radius 1 is 0.808 bits per heavy atom. The molecule has 0 heterocycles. The SMILES string of the molecule is Clc1cc(Cl)c([O][Ti+2][c]2cccc3c2Cc2ccccc2-3)c(Cl)c1.[Cl-].[Cl-]. The van der Waals surface area contributed by atoms with Crippen molar-refractivity contribution in [1.82, 2.24) is 0 Å². The minimum Gasteiger partial charge on any atom is -1.00 e. The average Bonchev–Trinajstić information content (AvgIpc) is 2.93. The van der Waals surface area contributed by atoms with E-state index in [9.17, 15) is 0 Å². The zero-order chi connectivity index (χ0) is 16.7. The summed E-state index contributed by atoms with van der Waals surface area (Å²) in [4.78, 5) is 0.